The Morgan fingerprint density at radius 2 is 2.00 bits per heavy atom. The van der Waals surface area contributed by atoms with E-state index in [4.69, 9.17) is 4.74 Å². The predicted molar refractivity (Wildman–Crippen MR) is 96.5 cm³/mol. The summed E-state index contributed by atoms with van der Waals surface area (Å²) in [6.45, 7) is 2.68. The number of nitrogens with zero attached hydrogens (tertiary/aromatic N) is 1. The molecule has 5 heteroatoms. The zero-order chi connectivity index (χ0) is 13.6. The lowest BCUT2D eigenvalue weighted by molar-refractivity contribution is 0.208. The minimum atomic E-state index is 0. The van der Waals surface area contributed by atoms with Gasteiger partial charge in [0.15, 0.2) is 5.96 Å². The summed E-state index contributed by atoms with van der Waals surface area (Å²) in [6, 6.07) is 8.31. The molecule has 0 saturated heterocycles. The molecule has 0 bridgehead atoms. The summed E-state index contributed by atoms with van der Waals surface area (Å²) < 4.78 is 6.15. The van der Waals surface area contributed by atoms with Crippen LogP contribution >= 0.6 is 24.0 Å². The van der Waals surface area contributed by atoms with Crippen LogP contribution in [0.25, 0.3) is 0 Å². The number of hydrogen-bond acceptors (Lipinski definition) is 4. The Kier molecular flexibility index (Phi) is 6.60. The number of ether oxygens (including phenoxy) is 1. The summed E-state index contributed by atoms with van der Waals surface area (Å²) in [4.78, 5) is 4.43. The van der Waals surface area contributed by atoms with Crippen molar-refractivity contribution >= 4 is 29.9 Å². The quantitative estimate of drug-likeness (QED) is 0.763. The van der Waals surface area contributed by atoms with Crippen molar-refractivity contribution in [2.24, 2.45) is 4.99 Å². The van der Waals surface area contributed by atoms with Gasteiger partial charge in [-0.25, -0.2) is 0 Å². The normalized spacial score (nSPS) is 18.4. The van der Waals surface area contributed by atoms with Crippen LogP contribution in [0.4, 0.5) is 0 Å². The molecule has 21 heavy (non-hydrogen) atoms. The molecule has 1 fully saturated rings. The van der Waals surface area contributed by atoms with E-state index in [0.717, 1.165) is 37.8 Å². The van der Waals surface area contributed by atoms with Crippen molar-refractivity contribution in [2.75, 3.05) is 13.1 Å². The van der Waals surface area contributed by atoms with E-state index < -0.39 is 0 Å². The Balaban J connectivity index is 0.00000161. The van der Waals surface area contributed by atoms with Gasteiger partial charge in [0.1, 0.15) is 5.75 Å². The monoisotopic (exact) mass is 401 g/mol. The number of rotatable bonds is 4. The first-order valence-electron chi connectivity index (χ1n) is 7.68. The van der Waals surface area contributed by atoms with Crippen LogP contribution in [0, 0.1) is 0 Å². The summed E-state index contributed by atoms with van der Waals surface area (Å²) >= 11 is 0. The van der Waals surface area contributed by atoms with Crippen molar-refractivity contribution in [1.82, 2.24) is 10.6 Å². The Bertz CT molecular complexity index is 472. The molecular formula is C16H24IN3O. The van der Waals surface area contributed by atoms with Gasteiger partial charge in [-0.05, 0) is 38.2 Å². The molecule has 1 aliphatic heterocycles. The van der Waals surface area contributed by atoms with Gasteiger partial charge >= 0.3 is 0 Å². The lowest BCUT2D eigenvalue weighted by atomic mass is 10.2. The Labute approximate surface area is 143 Å². The number of para-hydroxylation sites is 1. The van der Waals surface area contributed by atoms with Gasteiger partial charge in [-0.2, -0.15) is 0 Å². The molecule has 1 saturated carbocycles. The summed E-state index contributed by atoms with van der Waals surface area (Å²) in [7, 11) is 0. The lowest BCUT2D eigenvalue weighted by Crippen LogP contribution is -2.40. The van der Waals surface area contributed by atoms with Gasteiger partial charge in [-0.1, -0.05) is 18.2 Å². The molecule has 0 aromatic heterocycles. The highest BCUT2D eigenvalue weighted by Crippen LogP contribution is 2.26. The molecule has 2 aliphatic rings. The van der Waals surface area contributed by atoms with E-state index in [2.05, 4.69) is 33.8 Å². The summed E-state index contributed by atoms with van der Waals surface area (Å²) in [5, 5.41) is 6.64. The third kappa shape index (κ3) is 4.76. The van der Waals surface area contributed by atoms with Crippen molar-refractivity contribution in [3.05, 3.63) is 29.8 Å². The summed E-state index contributed by atoms with van der Waals surface area (Å²) in [5.41, 5.74) is 1.20. The first kappa shape index (κ1) is 16.4. The molecule has 0 radical (unpaired) electrons. The van der Waals surface area contributed by atoms with Crippen molar-refractivity contribution in [2.45, 2.75) is 44.8 Å². The number of nitrogens with one attached hydrogen (secondary N) is 2. The fourth-order valence-corrected chi connectivity index (χ4v) is 2.78. The van der Waals surface area contributed by atoms with Gasteiger partial charge in [0.25, 0.3) is 0 Å². The Morgan fingerprint density at radius 1 is 1.19 bits per heavy atom. The average molecular weight is 401 g/mol. The Hall–Kier alpha value is -0.980. The zero-order valence-corrected chi connectivity index (χ0v) is 14.6. The van der Waals surface area contributed by atoms with Crippen LogP contribution in [0.5, 0.6) is 5.75 Å². The first-order valence-corrected chi connectivity index (χ1v) is 7.68. The van der Waals surface area contributed by atoms with Crippen LogP contribution in [-0.2, 0) is 6.54 Å². The van der Waals surface area contributed by atoms with Gasteiger partial charge < -0.3 is 15.4 Å². The van der Waals surface area contributed by atoms with Crippen LogP contribution < -0.4 is 15.4 Å². The third-order valence-corrected chi connectivity index (χ3v) is 3.91. The fraction of sp³-hybridized carbons (Fsp3) is 0.562. The van der Waals surface area contributed by atoms with E-state index in [9.17, 15) is 0 Å². The molecule has 4 nitrogen and oxygen atoms in total. The van der Waals surface area contributed by atoms with Gasteiger partial charge in [0.2, 0.25) is 0 Å². The van der Waals surface area contributed by atoms with Crippen molar-refractivity contribution in [3.63, 3.8) is 0 Å². The maximum absolute atomic E-state index is 6.15. The van der Waals surface area contributed by atoms with Crippen LogP contribution in [-0.4, -0.2) is 25.2 Å². The van der Waals surface area contributed by atoms with Crippen LogP contribution in [0.2, 0.25) is 0 Å². The molecule has 0 atom stereocenters. The molecule has 1 heterocycles. The van der Waals surface area contributed by atoms with Crippen molar-refractivity contribution in [1.29, 1.82) is 0 Å². The maximum atomic E-state index is 6.15. The molecule has 116 valence electrons. The predicted octanol–water partition coefficient (Wildman–Crippen LogP) is 3.06. The van der Waals surface area contributed by atoms with Gasteiger partial charge in [-0.15, -0.1) is 24.0 Å². The second-order valence-electron chi connectivity index (χ2n) is 5.50. The minimum Gasteiger partial charge on any atom is -0.490 e. The minimum absolute atomic E-state index is 0. The van der Waals surface area contributed by atoms with Gasteiger partial charge in [0.05, 0.1) is 6.10 Å². The number of hydrogen-bond donors (Lipinski definition) is 2. The van der Waals surface area contributed by atoms with E-state index in [1.54, 1.807) is 0 Å². The molecule has 0 unspecified atom stereocenters. The van der Waals surface area contributed by atoms with Crippen LogP contribution in [0.1, 0.15) is 37.7 Å². The smallest absolute Gasteiger partial charge is 0.191 e. The highest BCUT2D eigenvalue weighted by atomic mass is 127. The Morgan fingerprint density at radius 3 is 2.76 bits per heavy atom. The number of aliphatic imine (C=N–C) groups is 1. The second kappa shape index (κ2) is 8.46. The number of guanidine groups is 1. The number of benzene rings is 1. The average Bonchev–Trinajstić information content (AvgIpc) is 3.00. The topological polar surface area (TPSA) is 45.6 Å². The SMILES string of the molecule is I.c1ccc(OC2CCCC2)c(CNC2=NCCCN2)c1. The van der Waals surface area contributed by atoms with E-state index >= 15 is 0 Å². The van der Waals surface area contributed by atoms with Gasteiger partial charge in [0, 0.05) is 25.2 Å². The molecule has 1 aliphatic carbocycles. The summed E-state index contributed by atoms with van der Waals surface area (Å²) in [6.07, 6.45) is 6.50. The molecule has 0 spiro atoms. The lowest BCUT2D eigenvalue weighted by Gasteiger charge is -2.19. The van der Waals surface area contributed by atoms with E-state index in [-0.39, 0.29) is 24.0 Å². The first-order chi connectivity index (χ1) is 9.92. The summed E-state index contributed by atoms with van der Waals surface area (Å²) in [5.74, 6) is 1.93. The van der Waals surface area contributed by atoms with E-state index in [0.29, 0.717) is 6.10 Å². The fourth-order valence-electron chi connectivity index (χ4n) is 2.78. The number of halogens is 1. The standard InChI is InChI=1S/C16H23N3O.HI/c1-4-9-15(20-14-7-2-3-8-14)13(6-1)12-19-16-17-10-5-11-18-16;/h1,4,6,9,14H,2-3,5,7-8,10-12H2,(H2,17,18,19);1H. The third-order valence-electron chi connectivity index (χ3n) is 3.91. The highest BCUT2D eigenvalue weighted by molar-refractivity contribution is 14.0. The maximum Gasteiger partial charge on any atom is 0.191 e. The van der Waals surface area contributed by atoms with Gasteiger partial charge in [-0.3, -0.25) is 4.99 Å². The largest absolute Gasteiger partial charge is 0.490 e. The van der Waals surface area contributed by atoms with Crippen LogP contribution in [0.15, 0.2) is 29.3 Å². The molecule has 1 aromatic rings. The molecular weight excluding hydrogens is 377 g/mol. The second-order valence-corrected chi connectivity index (χ2v) is 5.50. The molecule has 2 N–H and O–H groups in total. The van der Waals surface area contributed by atoms with Crippen LogP contribution in [0.3, 0.4) is 0 Å². The molecule has 3 rings (SSSR count). The zero-order valence-electron chi connectivity index (χ0n) is 12.3. The highest BCUT2D eigenvalue weighted by Gasteiger charge is 2.17. The van der Waals surface area contributed by atoms with E-state index in [1.807, 2.05) is 6.07 Å². The van der Waals surface area contributed by atoms with Crippen molar-refractivity contribution in [3.8, 4) is 5.75 Å². The molecule has 0 amide bonds. The van der Waals surface area contributed by atoms with Crippen molar-refractivity contribution < 1.29 is 4.74 Å². The van der Waals surface area contributed by atoms with E-state index in [1.165, 1.54) is 31.2 Å². The molecule has 1 aromatic carbocycles.